The second-order valence-electron chi connectivity index (χ2n) is 3.80. The van der Waals surface area contributed by atoms with Crippen molar-refractivity contribution >= 4 is 22.7 Å². The Balaban J connectivity index is 0.000000550. The van der Waals surface area contributed by atoms with Gasteiger partial charge in [0.25, 0.3) is 0 Å². The molecule has 0 aliphatic heterocycles. The maximum Gasteiger partial charge on any atom is 0.335 e. The van der Waals surface area contributed by atoms with Crippen LogP contribution >= 0.6 is 0 Å². The van der Waals surface area contributed by atoms with E-state index in [2.05, 4.69) is 6.58 Å². The first-order chi connectivity index (χ1) is 8.99. The summed E-state index contributed by atoms with van der Waals surface area (Å²) in [5.74, 6) is -1.99. The number of fused-ring (bicyclic) bond motifs is 1. The van der Waals surface area contributed by atoms with Crippen molar-refractivity contribution in [3.8, 4) is 0 Å². The zero-order chi connectivity index (χ0) is 14.4. The molecule has 0 aliphatic carbocycles. The maximum absolute atomic E-state index is 10.7. The Morgan fingerprint density at radius 2 is 1.26 bits per heavy atom. The summed E-state index contributed by atoms with van der Waals surface area (Å²) in [5.41, 5.74) is 0.381. The van der Waals surface area contributed by atoms with Gasteiger partial charge in [0.05, 0.1) is 11.1 Å². The molecule has 0 unspecified atom stereocenters. The van der Waals surface area contributed by atoms with Gasteiger partial charge in [-0.1, -0.05) is 18.2 Å². The van der Waals surface area contributed by atoms with Crippen molar-refractivity contribution in [3.05, 3.63) is 60.2 Å². The SMILES string of the molecule is C=CC.O=C(O)c1ccc2cc(C(=O)O)ccc2c1. The molecular weight excluding hydrogens is 244 g/mol. The van der Waals surface area contributed by atoms with Gasteiger partial charge in [0.1, 0.15) is 0 Å². The Labute approximate surface area is 110 Å². The van der Waals surface area contributed by atoms with Gasteiger partial charge in [-0.05, 0) is 42.0 Å². The van der Waals surface area contributed by atoms with Gasteiger partial charge in [-0.2, -0.15) is 0 Å². The van der Waals surface area contributed by atoms with Gasteiger partial charge in [0.15, 0.2) is 0 Å². The zero-order valence-corrected chi connectivity index (χ0v) is 10.5. The first-order valence-corrected chi connectivity index (χ1v) is 5.57. The van der Waals surface area contributed by atoms with Crippen LogP contribution in [0.4, 0.5) is 0 Å². The van der Waals surface area contributed by atoms with Gasteiger partial charge in [-0.3, -0.25) is 0 Å². The van der Waals surface area contributed by atoms with Gasteiger partial charge in [-0.25, -0.2) is 9.59 Å². The van der Waals surface area contributed by atoms with E-state index in [-0.39, 0.29) is 11.1 Å². The van der Waals surface area contributed by atoms with Crippen LogP contribution in [-0.4, -0.2) is 22.2 Å². The largest absolute Gasteiger partial charge is 0.478 e. The van der Waals surface area contributed by atoms with Crippen molar-refractivity contribution in [1.29, 1.82) is 0 Å². The summed E-state index contributed by atoms with van der Waals surface area (Å²) in [5, 5.41) is 19.0. The average Bonchev–Trinajstić information content (AvgIpc) is 2.38. The van der Waals surface area contributed by atoms with E-state index in [0.717, 1.165) is 0 Å². The highest BCUT2D eigenvalue weighted by molar-refractivity contribution is 5.97. The molecule has 2 N–H and O–H groups in total. The second kappa shape index (κ2) is 6.35. The number of carboxylic acids is 2. The zero-order valence-electron chi connectivity index (χ0n) is 10.5. The monoisotopic (exact) mass is 258 g/mol. The lowest BCUT2D eigenvalue weighted by Crippen LogP contribution is -1.97. The summed E-state index contributed by atoms with van der Waals surface area (Å²) in [6.07, 6.45) is 1.75. The Hall–Kier alpha value is -2.62. The number of rotatable bonds is 2. The molecule has 0 fully saturated rings. The molecule has 0 aliphatic rings. The molecule has 2 rings (SSSR count). The number of carbonyl (C=O) groups is 2. The molecule has 0 saturated carbocycles. The molecule has 0 bridgehead atoms. The van der Waals surface area contributed by atoms with Crippen molar-refractivity contribution in [2.24, 2.45) is 0 Å². The summed E-state index contributed by atoms with van der Waals surface area (Å²) >= 11 is 0. The number of hydrogen-bond donors (Lipinski definition) is 2. The van der Waals surface area contributed by atoms with Gasteiger partial charge in [0, 0.05) is 0 Å². The third-order valence-corrected chi connectivity index (χ3v) is 2.33. The number of hydrogen-bond acceptors (Lipinski definition) is 2. The molecule has 0 heterocycles. The highest BCUT2D eigenvalue weighted by Gasteiger charge is 2.06. The Morgan fingerprint density at radius 3 is 1.53 bits per heavy atom. The fourth-order valence-corrected chi connectivity index (χ4v) is 1.51. The van der Waals surface area contributed by atoms with Crippen LogP contribution in [-0.2, 0) is 0 Å². The van der Waals surface area contributed by atoms with Gasteiger partial charge in [-0.15, -0.1) is 6.58 Å². The van der Waals surface area contributed by atoms with Crippen LogP contribution in [0.5, 0.6) is 0 Å². The van der Waals surface area contributed by atoms with Crippen molar-refractivity contribution < 1.29 is 19.8 Å². The number of carboxylic acid groups (broad SMARTS) is 2. The molecule has 98 valence electrons. The summed E-state index contributed by atoms with van der Waals surface area (Å²) < 4.78 is 0. The second-order valence-corrected chi connectivity index (χ2v) is 3.80. The number of allylic oxidation sites excluding steroid dienone is 1. The van der Waals surface area contributed by atoms with Crippen molar-refractivity contribution in [2.75, 3.05) is 0 Å². The molecule has 4 nitrogen and oxygen atoms in total. The van der Waals surface area contributed by atoms with Crippen LogP contribution in [0.15, 0.2) is 49.1 Å². The predicted molar refractivity (Wildman–Crippen MR) is 73.7 cm³/mol. The highest BCUT2D eigenvalue weighted by atomic mass is 16.4. The molecular formula is C15H14O4. The fraction of sp³-hybridized carbons (Fsp3) is 0.0667. The molecule has 0 atom stereocenters. The smallest absolute Gasteiger partial charge is 0.335 e. The molecule has 0 saturated heterocycles. The normalized spacial score (nSPS) is 9.32. The van der Waals surface area contributed by atoms with E-state index in [0.29, 0.717) is 10.8 Å². The van der Waals surface area contributed by atoms with E-state index in [1.54, 1.807) is 18.2 Å². The lowest BCUT2D eigenvalue weighted by molar-refractivity contribution is 0.0686. The topological polar surface area (TPSA) is 74.6 Å². The summed E-state index contributed by atoms with van der Waals surface area (Å²) in [6, 6.07) is 9.15. The van der Waals surface area contributed by atoms with E-state index >= 15 is 0 Å². The van der Waals surface area contributed by atoms with E-state index in [4.69, 9.17) is 10.2 Å². The molecule has 0 spiro atoms. The lowest BCUT2D eigenvalue weighted by Gasteiger charge is -2.01. The third kappa shape index (κ3) is 3.67. The van der Waals surface area contributed by atoms with Crippen molar-refractivity contribution in [2.45, 2.75) is 6.92 Å². The van der Waals surface area contributed by atoms with Crippen LogP contribution in [0.1, 0.15) is 27.6 Å². The van der Waals surface area contributed by atoms with Crippen LogP contribution < -0.4 is 0 Å². The van der Waals surface area contributed by atoms with Crippen molar-refractivity contribution in [3.63, 3.8) is 0 Å². The third-order valence-electron chi connectivity index (χ3n) is 2.33. The molecule has 2 aromatic rings. The summed E-state index contributed by atoms with van der Waals surface area (Å²) in [7, 11) is 0. The Bertz CT molecular complexity index is 576. The Morgan fingerprint density at radius 1 is 0.947 bits per heavy atom. The minimum absolute atomic E-state index is 0.190. The average molecular weight is 258 g/mol. The number of aromatic carboxylic acids is 2. The standard InChI is InChI=1S/C12H8O4.C3H6/c13-11(14)9-3-1-7-5-10(12(15)16)4-2-8(7)6-9;1-3-2/h1-6H,(H,13,14)(H,15,16);3H,1H2,2H3. The van der Waals surface area contributed by atoms with Crippen LogP contribution in [0.3, 0.4) is 0 Å². The van der Waals surface area contributed by atoms with Crippen LogP contribution in [0, 0.1) is 0 Å². The first-order valence-electron chi connectivity index (χ1n) is 5.57. The minimum Gasteiger partial charge on any atom is -0.478 e. The summed E-state index contributed by atoms with van der Waals surface area (Å²) in [4.78, 5) is 21.5. The molecule has 4 heteroatoms. The van der Waals surface area contributed by atoms with E-state index in [1.807, 2.05) is 6.92 Å². The quantitative estimate of drug-likeness (QED) is 0.809. The van der Waals surface area contributed by atoms with Gasteiger partial charge < -0.3 is 10.2 Å². The molecule has 19 heavy (non-hydrogen) atoms. The van der Waals surface area contributed by atoms with Crippen molar-refractivity contribution in [1.82, 2.24) is 0 Å². The predicted octanol–water partition coefficient (Wildman–Crippen LogP) is 3.43. The van der Waals surface area contributed by atoms with Crippen LogP contribution in [0.25, 0.3) is 10.8 Å². The highest BCUT2D eigenvalue weighted by Crippen LogP contribution is 2.18. The molecule has 0 aromatic heterocycles. The van der Waals surface area contributed by atoms with Gasteiger partial charge >= 0.3 is 11.9 Å². The molecule has 0 radical (unpaired) electrons. The first kappa shape index (κ1) is 14.4. The van der Waals surface area contributed by atoms with E-state index in [1.165, 1.54) is 24.3 Å². The Kier molecular flexibility index (Phi) is 4.83. The fourth-order valence-electron chi connectivity index (χ4n) is 1.51. The minimum atomic E-state index is -0.996. The molecule has 2 aromatic carbocycles. The molecule has 0 amide bonds. The maximum atomic E-state index is 10.7. The summed E-state index contributed by atoms with van der Waals surface area (Å²) in [6.45, 7) is 5.25. The lowest BCUT2D eigenvalue weighted by atomic mass is 10.0. The van der Waals surface area contributed by atoms with Gasteiger partial charge in [0.2, 0.25) is 0 Å². The number of benzene rings is 2. The van der Waals surface area contributed by atoms with Crippen LogP contribution in [0.2, 0.25) is 0 Å². The van der Waals surface area contributed by atoms with E-state index < -0.39 is 11.9 Å². The van der Waals surface area contributed by atoms with E-state index in [9.17, 15) is 9.59 Å².